The van der Waals surface area contributed by atoms with Crippen LogP contribution in [-0.4, -0.2) is 42.9 Å². The largest absolute Gasteiger partial charge is 0.376 e. The SMILES string of the molecule is CCCNC(=O)c1ccc(NCC(=O)N2CCC(C)CC2)cc1. The molecule has 1 fully saturated rings. The predicted octanol–water partition coefficient (Wildman–Crippen LogP) is 2.50. The molecule has 2 rings (SSSR count). The number of carbonyl (C=O) groups is 2. The number of piperidine rings is 1. The molecule has 0 spiro atoms. The lowest BCUT2D eigenvalue weighted by molar-refractivity contribution is -0.130. The van der Waals surface area contributed by atoms with Gasteiger partial charge in [0.2, 0.25) is 5.91 Å². The number of hydrogen-bond acceptors (Lipinski definition) is 3. The average molecular weight is 317 g/mol. The van der Waals surface area contributed by atoms with E-state index in [0.717, 1.165) is 44.0 Å². The van der Waals surface area contributed by atoms with Crippen LogP contribution in [0.15, 0.2) is 24.3 Å². The number of likely N-dealkylation sites (tertiary alicyclic amines) is 1. The van der Waals surface area contributed by atoms with Crippen LogP contribution in [0.4, 0.5) is 5.69 Å². The Hall–Kier alpha value is -2.04. The first-order valence-corrected chi connectivity index (χ1v) is 8.50. The molecule has 5 nitrogen and oxygen atoms in total. The number of benzene rings is 1. The van der Waals surface area contributed by atoms with Gasteiger partial charge in [-0.2, -0.15) is 0 Å². The molecular formula is C18H27N3O2. The molecule has 0 aromatic heterocycles. The van der Waals surface area contributed by atoms with Crippen molar-refractivity contribution in [2.24, 2.45) is 5.92 Å². The van der Waals surface area contributed by atoms with E-state index < -0.39 is 0 Å². The van der Waals surface area contributed by atoms with Crippen LogP contribution in [0.3, 0.4) is 0 Å². The molecule has 23 heavy (non-hydrogen) atoms. The minimum absolute atomic E-state index is 0.0584. The van der Waals surface area contributed by atoms with E-state index in [1.165, 1.54) is 0 Å². The first-order valence-electron chi connectivity index (χ1n) is 8.50. The van der Waals surface area contributed by atoms with Gasteiger partial charge in [0.05, 0.1) is 6.54 Å². The quantitative estimate of drug-likeness (QED) is 0.847. The van der Waals surface area contributed by atoms with E-state index in [1.54, 1.807) is 12.1 Å². The zero-order valence-electron chi connectivity index (χ0n) is 14.1. The molecular weight excluding hydrogens is 290 g/mol. The highest BCUT2D eigenvalue weighted by Crippen LogP contribution is 2.16. The van der Waals surface area contributed by atoms with Crippen LogP contribution in [0.1, 0.15) is 43.5 Å². The zero-order chi connectivity index (χ0) is 16.7. The summed E-state index contributed by atoms with van der Waals surface area (Å²) in [6, 6.07) is 7.24. The summed E-state index contributed by atoms with van der Waals surface area (Å²) in [6.07, 6.45) is 3.10. The summed E-state index contributed by atoms with van der Waals surface area (Å²) in [5.41, 5.74) is 1.50. The monoisotopic (exact) mass is 317 g/mol. The Morgan fingerprint density at radius 3 is 2.43 bits per heavy atom. The molecule has 1 saturated heterocycles. The third kappa shape index (κ3) is 5.27. The van der Waals surface area contributed by atoms with Gasteiger partial charge in [-0.1, -0.05) is 13.8 Å². The van der Waals surface area contributed by atoms with E-state index in [2.05, 4.69) is 17.6 Å². The first kappa shape index (κ1) is 17.3. The van der Waals surface area contributed by atoms with Crippen molar-refractivity contribution in [1.29, 1.82) is 0 Å². The minimum Gasteiger partial charge on any atom is -0.376 e. The maximum atomic E-state index is 12.2. The van der Waals surface area contributed by atoms with Gasteiger partial charge in [0, 0.05) is 30.9 Å². The van der Waals surface area contributed by atoms with Crippen molar-refractivity contribution in [3.63, 3.8) is 0 Å². The van der Waals surface area contributed by atoms with Gasteiger partial charge in [-0.05, 0) is 49.4 Å². The molecule has 0 aliphatic carbocycles. The first-order chi connectivity index (χ1) is 11.1. The average Bonchev–Trinajstić information content (AvgIpc) is 2.58. The van der Waals surface area contributed by atoms with E-state index in [0.29, 0.717) is 18.7 Å². The molecule has 5 heteroatoms. The standard InChI is InChI=1S/C18H27N3O2/c1-3-10-19-18(23)15-4-6-16(7-5-15)20-13-17(22)21-11-8-14(2)9-12-21/h4-7,14,20H,3,8-13H2,1-2H3,(H,19,23). The van der Waals surface area contributed by atoms with E-state index >= 15 is 0 Å². The molecule has 2 N–H and O–H groups in total. The second-order valence-electron chi connectivity index (χ2n) is 6.25. The second kappa shape index (κ2) is 8.56. The summed E-state index contributed by atoms with van der Waals surface area (Å²) in [5, 5.41) is 5.98. The zero-order valence-corrected chi connectivity index (χ0v) is 14.1. The lowest BCUT2D eigenvalue weighted by atomic mass is 9.99. The summed E-state index contributed by atoms with van der Waals surface area (Å²) < 4.78 is 0. The lowest BCUT2D eigenvalue weighted by Gasteiger charge is -2.30. The maximum absolute atomic E-state index is 12.2. The molecule has 0 unspecified atom stereocenters. The Kier molecular flexibility index (Phi) is 6.44. The van der Waals surface area contributed by atoms with Gasteiger partial charge in [-0.15, -0.1) is 0 Å². The smallest absolute Gasteiger partial charge is 0.251 e. The normalized spacial score (nSPS) is 15.3. The number of rotatable bonds is 6. The van der Waals surface area contributed by atoms with Crippen LogP contribution < -0.4 is 10.6 Å². The summed E-state index contributed by atoms with van der Waals surface area (Å²) in [7, 11) is 0. The van der Waals surface area contributed by atoms with Crippen molar-refractivity contribution < 1.29 is 9.59 Å². The molecule has 2 amide bonds. The van der Waals surface area contributed by atoms with Crippen LogP contribution in [0, 0.1) is 5.92 Å². The Labute approximate surface area is 138 Å². The Bertz CT molecular complexity index is 520. The molecule has 1 aliphatic heterocycles. The van der Waals surface area contributed by atoms with E-state index in [-0.39, 0.29) is 11.8 Å². The minimum atomic E-state index is -0.0584. The predicted molar refractivity (Wildman–Crippen MR) is 92.5 cm³/mol. The molecule has 1 aliphatic rings. The van der Waals surface area contributed by atoms with Crippen molar-refractivity contribution >= 4 is 17.5 Å². The Morgan fingerprint density at radius 2 is 1.83 bits per heavy atom. The molecule has 1 aromatic rings. The molecule has 1 aromatic carbocycles. The van der Waals surface area contributed by atoms with E-state index in [1.807, 2.05) is 24.0 Å². The maximum Gasteiger partial charge on any atom is 0.251 e. The molecule has 126 valence electrons. The van der Waals surface area contributed by atoms with Crippen LogP contribution in [-0.2, 0) is 4.79 Å². The van der Waals surface area contributed by atoms with Gasteiger partial charge in [0.15, 0.2) is 0 Å². The number of nitrogens with zero attached hydrogens (tertiary/aromatic N) is 1. The van der Waals surface area contributed by atoms with Gasteiger partial charge in [-0.3, -0.25) is 9.59 Å². The van der Waals surface area contributed by atoms with Crippen LogP contribution >= 0.6 is 0 Å². The molecule has 0 bridgehead atoms. The summed E-state index contributed by atoms with van der Waals surface area (Å²) in [6.45, 7) is 6.96. The van der Waals surface area contributed by atoms with E-state index in [4.69, 9.17) is 0 Å². The molecule has 1 heterocycles. The van der Waals surface area contributed by atoms with E-state index in [9.17, 15) is 9.59 Å². The number of nitrogens with one attached hydrogen (secondary N) is 2. The van der Waals surface area contributed by atoms with Crippen molar-refractivity contribution in [1.82, 2.24) is 10.2 Å². The third-order valence-electron chi connectivity index (χ3n) is 4.26. The summed E-state index contributed by atoms with van der Waals surface area (Å²) in [4.78, 5) is 25.9. The van der Waals surface area contributed by atoms with Crippen molar-refractivity contribution in [2.45, 2.75) is 33.1 Å². The van der Waals surface area contributed by atoms with Crippen molar-refractivity contribution in [3.8, 4) is 0 Å². The topological polar surface area (TPSA) is 61.4 Å². The van der Waals surface area contributed by atoms with Gasteiger partial charge in [0.1, 0.15) is 0 Å². The highest BCUT2D eigenvalue weighted by atomic mass is 16.2. The lowest BCUT2D eigenvalue weighted by Crippen LogP contribution is -2.40. The summed E-state index contributed by atoms with van der Waals surface area (Å²) >= 11 is 0. The van der Waals surface area contributed by atoms with Crippen LogP contribution in [0.5, 0.6) is 0 Å². The fourth-order valence-electron chi connectivity index (χ4n) is 2.63. The highest BCUT2D eigenvalue weighted by Gasteiger charge is 2.19. The summed E-state index contributed by atoms with van der Waals surface area (Å²) in [5.74, 6) is 0.803. The van der Waals surface area contributed by atoms with Crippen LogP contribution in [0.2, 0.25) is 0 Å². The Balaban J connectivity index is 1.79. The molecule has 0 radical (unpaired) electrons. The highest BCUT2D eigenvalue weighted by molar-refractivity contribution is 5.94. The fourth-order valence-corrected chi connectivity index (χ4v) is 2.63. The Morgan fingerprint density at radius 1 is 1.17 bits per heavy atom. The third-order valence-corrected chi connectivity index (χ3v) is 4.26. The fraction of sp³-hybridized carbons (Fsp3) is 0.556. The van der Waals surface area contributed by atoms with Crippen LogP contribution in [0.25, 0.3) is 0 Å². The van der Waals surface area contributed by atoms with Gasteiger partial charge >= 0.3 is 0 Å². The van der Waals surface area contributed by atoms with Gasteiger partial charge in [0.25, 0.3) is 5.91 Å². The van der Waals surface area contributed by atoms with Gasteiger partial charge < -0.3 is 15.5 Å². The number of amides is 2. The van der Waals surface area contributed by atoms with Crippen molar-refractivity contribution in [2.75, 3.05) is 31.5 Å². The van der Waals surface area contributed by atoms with Gasteiger partial charge in [-0.25, -0.2) is 0 Å². The second-order valence-corrected chi connectivity index (χ2v) is 6.25. The number of carbonyl (C=O) groups excluding carboxylic acids is 2. The molecule has 0 atom stereocenters. The molecule has 0 saturated carbocycles. The van der Waals surface area contributed by atoms with Crippen molar-refractivity contribution in [3.05, 3.63) is 29.8 Å². The number of anilines is 1. The number of hydrogen-bond donors (Lipinski definition) is 2.